The molecule has 0 aliphatic rings. The molecule has 3 aromatic rings. The highest BCUT2D eigenvalue weighted by Gasteiger charge is 2.10. The Morgan fingerprint density at radius 1 is 1.22 bits per heavy atom. The van der Waals surface area contributed by atoms with Crippen LogP contribution in [0.1, 0.15) is 5.56 Å². The van der Waals surface area contributed by atoms with Crippen LogP contribution in [-0.4, -0.2) is 20.3 Å². The van der Waals surface area contributed by atoms with E-state index in [0.29, 0.717) is 11.5 Å². The first kappa shape index (κ1) is 10.6. The average Bonchev–Trinajstić information content (AvgIpc) is 2.71. The number of H-pyrrole nitrogens is 1. The van der Waals surface area contributed by atoms with Crippen LogP contribution in [-0.2, 0) is 0 Å². The Kier molecular flexibility index (Phi) is 2.19. The fourth-order valence-corrected chi connectivity index (χ4v) is 1.97. The molecule has 0 bridgehead atoms. The van der Waals surface area contributed by atoms with Crippen molar-refractivity contribution in [3.63, 3.8) is 0 Å². The number of nitrogens with zero attached hydrogens (tertiary/aromatic N) is 2. The van der Waals surface area contributed by atoms with E-state index in [0.717, 1.165) is 22.2 Å². The normalized spacial score (nSPS) is 10.9. The number of rotatable bonds is 1. The van der Waals surface area contributed by atoms with Gasteiger partial charge in [0.2, 0.25) is 0 Å². The van der Waals surface area contributed by atoms with Gasteiger partial charge < -0.3 is 10.8 Å². The molecule has 2 aromatic heterocycles. The van der Waals surface area contributed by atoms with Gasteiger partial charge >= 0.3 is 0 Å². The van der Waals surface area contributed by atoms with Gasteiger partial charge in [0.25, 0.3) is 0 Å². The summed E-state index contributed by atoms with van der Waals surface area (Å²) in [6.45, 7) is 1.97. The minimum atomic E-state index is 0.237. The zero-order valence-corrected chi connectivity index (χ0v) is 9.81. The molecule has 5 nitrogen and oxygen atoms in total. The summed E-state index contributed by atoms with van der Waals surface area (Å²) in [5, 5.41) is 16.9. The van der Waals surface area contributed by atoms with Gasteiger partial charge in [-0.2, -0.15) is 5.10 Å². The maximum atomic E-state index is 9.29. The smallest absolute Gasteiger partial charge is 0.183 e. The molecule has 4 N–H and O–H groups in total. The molecule has 0 aliphatic heterocycles. The molecule has 0 spiro atoms. The molecule has 2 heterocycles. The molecule has 1 aromatic carbocycles. The number of nitrogens with two attached hydrogens (primary N) is 1. The molecule has 0 fully saturated rings. The van der Waals surface area contributed by atoms with Gasteiger partial charge in [0.1, 0.15) is 11.6 Å². The van der Waals surface area contributed by atoms with E-state index in [-0.39, 0.29) is 5.75 Å². The second kappa shape index (κ2) is 3.73. The van der Waals surface area contributed by atoms with Crippen LogP contribution < -0.4 is 5.73 Å². The van der Waals surface area contributed by atoms with Crippen molar-refractivity contribution in [1.29, 1.82) is 0 Å². The van der Waals surface area contributed by atoms with E-state index in [4.69, 9.17) is 5.73 Å². The van der Waals surface area contributed by atoms with Crippen molar-refractivity contribution < 1.29 is 5.11 Å². The Labute approximate surface area is 103 Å². The number of hydrogen-bond donors (Lipinski definition) is 3. The lowest BCUT2D eigenvalue weighted by Gasteiger charge is -2.05. The number of aromatic amines is 1. The molecule has 0 saturated carbocycles. The van der Waals surface area contributed by atoms with Gasteiger partial charge in [-0.3, -0.25) is 5.10 Å². The predicted molar refractivity (Wildman–Crippen MR) is 70.1 cm³/mol. The topological polar surface area (TPSA) is 87.8 Å². The van der Waals surface area contributed by atoms with E-state index in [1.54, 1.807) is 12.1 Å². The molecule has 0 amide bonds. The minimum absolute atomic E-state index is 0.237. The van der Waals surface area contributed by atoms with E-state index < -0.39 is 0 Å². The predicted octanol–water partition coefficient (Wildman–Crippen LogP) is 2.22. The summed E-state index contributed by atoms with van der Waals surface area (Å²) in [4.78, 5) is 4.49. The van der Waals surface area contributed by atoms with Crippen LogP contribution in [0.2, 0.25) is 0 Å². The Morgan fingerprint density at radius 2 is 1.94 bits per heavy atom. The van der Waals surface area contributed by atoms with Gasteiger partial charge in [0.05, 0.1) is 11.1 Å². The molecule has 3 rings (SSSR count). The van der Waals surface area contributed by atoms with Gasteiger partial charge in [-0.25, -0.2) is 4.98 Å². The van der Waals surface area contributed by atoms with Crippen molar-refractivity contribution in [3.05, 3.63) is 35.9 Å². The van der Waals surface area contributed by atoms with Gasteiger partial charge in [0.15, 0.2) is 5.65 Å². The third kappa shape index (κ3) is 1.57. The molecule has 0 atom stereocenters. The van der Waals surface area contributed by atoms with Crippen molar-refractivity contribution >= 4 is 16.9 Å². The second-order valence-corrected chi connectivity index (χ2v) is 4.21. The maximum Gasteiger partial charge on any atom is 0.183 e. The Bertz CT molecular complexity index is 716. The molecule has 18 heavy (non-hydrogen) atoms. The molecule has 0 saturated heterocycles. The average molecular weight is 240 g/mol. The van der Waals surface area contributed by atoms with E-state index in [1.165, 1.54) is 0 Å². The van der Waals surface area contributed by atoms with Crippen molar-refractivity contribution in [2.45, 2.75) is 6.92 Å². The SMILES string of the molecule is Cc1cc2c(N)[nH]nc2nc1-c1ccc(O)cc1. The van der Waals surface area contributed by atoms with Gasteiger partial charge in [0, 0.05) is 5.56 Å². The summed E-state index contributed by atoms with van der Waals surface area (Å²) in [5.41, 5.74) is 9.16. The van der Waals surface area contributed by atoms with E-state index in [1.807, 2.05) is 25.1 Å². The number of pyridine rings is 1. The van der Waals surface area contributed by atoms with E-state index in [9.17, 15) is 5.11 Å². The first-order chi connectivity index (χ1) is 8.65. The van der Waals surface area contributed by atoms with Crippen LogP contribution >= 0.6 is 0 Å². The van der Waals surface area contributed by atoms with E-state index >= 15 is 0 Å². The lowest BCUT2D eigenvalue weighted by molar-refractivity contribution is 0.475. The molecule has 0 unspecified atom stereocenters. The number of benzene rings is 1. The number of phenols is 1. The van der Waals surface area contributed by atoms with Crippen molar-refractivity contribution in [1.82, 2.24) is 15.2 Å². The molecule has 5 heteroatoms. The first-order valence-corrected chi connectivity index (χ1v) is 5.56. The summed E-state index contributed by atoms with van der Waals surface area (Å²) in [5.74, 6) is 0.763. The number of hydrogen-bond acceptors (Lipinski definition) is 4. The Balaban J connectivity index is 2.22. The van der Waals surface area contributed by atoms with Crippen LogP contribution in [0.15, 0.2) is 30.3 Å². The third-order valence-corrected chi connectivity index (χ3v) is 2.91. The van der Waals surface area contributed by atoms with Crippen molar-refractivity contribution in [2.75, 3.05) is 5.73 Å². The molecule has 0 radical (unpaired) electrons. The quantitative estimate of drug-likeness (QED) is 0.608. The summed E-state index contributed by atoms with van der Waals surface area (Å²) in [7, 11) is 0. The van der Waals surface area contributed by atoms with Crippen molar-refractivity contribution in [3.8, 4) is 17.0 Å². The summed E-state index contributed by atoms with van der Waals surface area (Å²) in [6, 6.07) is 8.89. The fraction of sp³-hybridized carbons (Fsp3) is 0.0769. The van der Waals surface area contributed by atoms with Gasteiger partial charge in [-0.15, -0.1) is 0 Å². The zero-order valence-electron chi connectivity index (χ0n) is 9.81. The fourth-order valence-electron chi connectivity index (χ4n) is 1.97. The van der Waals surface area contributed by atoms with Crippen LogP contribution in [0.25, 0.3) is 22.3 Å². The summed E-state index contributed by atoms with van der Waals surface area (Å²) in [6.07, 6.45) is 0. The monoisotopic (exact) mass is 240 g/mol. The number of fused-ring (bicyclic) bond motifs is 1. The standard InChI is InChI=1S/C13H12N4O/c1-7-6-10-12(14)16-17-13(10)15-11(7)8-2-4-9(18)5-3-8/h2-6,18H,1H3,(H3,14,15,16,17). The van der Waals surface area contributed by atoms with Gasteiger partial charge in [-0.05, 0) is 42.8 Å². The van der Waals surface area contributed by atoms with Crippen molar-refractivity contribution in [2.24, 2.45) is 0 Å². The number of aryl methyl sites for hydroxylation is 1. The Morgan fingerprint density at radius 3 is 2.67 bits per heavy atom. The van der Waals surface area contributed by atoms with E-state index in [2.05, 4.69) is 15.2 Å². The summed E-state index contributed by atoms with van der Waals surface area (Å²) < 4.78 is 0. The first-order valence-electron chi connectivity index (χ1n) is 5.56. The second-order valence-electron chi connectivity index (χ2n) is 4.21. The zero-order chi connectivity index (χ0) is 12.7. The highest BCUT2D eigenvalue weighted by Crippen LogP contribution is 2.27. The minimum Gasteiger partial charge on any atom is -0.508 e. The molecular formula is C13H12N4O. The lowest BCUT2D eigenvalue weighted by Crippen LogP contribution is -1.90. The van der Waals surface area contributed by atoms with Crippen LogP contribution in [0.4, 0.5) is 5.82 Å². The molecular weight excluding hydrogens is 228 g/mol. The maximum absolute atomic E-state index is 9.29. The number of aromatic hydroxyl groups is 1. The van der Waals surface area contributed by atoms with Crippen LogP contribution in [0, 0.1) is 6.92 Å². The number of nitrogen functional groups attached to an aromatic ring is 1. The Hall–Kier alpha value is -2.56. The largest absolute Gasteiger partial charge is 0.508 e. The molecule has 90 valence electrons. The number of anilines is 1. The lowest BCUT2D eigenvalue weighted by atomic mass is 10.1. The summed E-state index contributed by atoms with van der Waals surface area (Å²) >= 11 is 0. The van der Waals surface area contributed by atoms with Crippen LogP contribution in [0.3, 0.4) is 0 Å². The van der Waals surface area contributed by atoms with Crippen LogP contribution in [0.5, 0.6) is 5.75 Å². The number of phenolic OH excluding ortho intramolecular Hbond substituents is 1. The number of nitrogens with one attached hydrogen (secondary N) is 1. The molecule has 0 aliphatic carbocycles. The number of aromatic nitrogens is 3. The highest BCUT2D eigenvalue weighted by molar-refractivity contribution is 5.88. The third-order valence-electron chi connectivity index (χ3n) is 2.91. The highest BCUT2D eigenvalue weighted by atomic mass is 16.3. The van der Waals surface area contributed by atoms with Gasteiger partial charge in [-0.1, -0.05) is 0 Å².